The summed E-state index contributed by atoms with van der Waals surface area (Å²) in [7, 11) is 0. The lowest BCUT2D eigenvalue weighted by molar-refractivity contribution is -0.118. The van der Waals surface area contributed by atoms with Crippen LogP contribution in [0.15, 0.2) is 24.4 Å². The summed E-state index contributed by atoms with van der Waals surface area (Å²) in [6.07, 6.45) is 1.95. The van der Waals surface area contributed by atoms with Crippen molar-refractivity contribution in [3.05, 3.63) is 35.0 Å². The first-order chi connectivity index (χ1) is 8.61. The number of primary amides is 1. The second-order valence-corrected chi connectivity index (χ2v) is 4.63. The van der Waals surface area contributed by atoms with E-state index in [1.165, 1.54) is 0 Å². The van der Waals surface area contributed by atoms with Crippen LogP contribution >= 0.6 is 11.6 Å². The van der Waals surface area contributed by atoms with Gasteiger partial charge in [0.1, 0.15) is 6.54 Å². The van der Waals surface area contributed by atoms with Crippen LogP contribution < -0.4 is 11.1 Å². The molecule has 2 aromatic rings. The number of rotatable bonds is 5. The van der Waals surface area contributed by atoms with Gasteiger partial charge in [0.05, 0.1) is 5.52 Å². The maximum atomic E-state index is 11.1. The van der Waals surface area contributed by atoms with Crippen LogP contribution in [0.3, 0.4) is 0 Å². The summed E-state index contributed by atoms with van der Waals surface area (Å²) in [5.41, 5.74) is 7.34. The van der Waals surface area contributed by atoms with Gasteiger partial charge in [-0.3, -0.25) is 4.79 Å². The first kappa shape index (κ1) is 12.9. The van der Waals surface area contributed by atoms with Gasteiger partial charge in [0.15, 0.2) is 0 Å². The molecule has 0 bridgehead atoms. The Kier molecular flexibility index (Phi) is 3.89. The number of nitrogens with two attached hydrogens (primary N) is 1. The molecule has 1 aromatic carbocycles. The normalized spacial score (nSPS) is 11.0. The predicted octanol–water partition coefficient (Wildman–Crippen LogP) is 1.89. The molecule has 0 unspecified atom stereocenters. The van der Waals surface area contributed by atoms with Crippen LogP contribution in [-0.4, -0.2) is 17.0 Å². The highest BCUT2D eigenvalue weighted by Gasteiger charge is 2.10. The van der Waals surface area contributed by atoms with E-state index in [4.69, 9.17) is 17.3 Å². The molecule has 0 aliphatic carbocycles. The number of benzene rings is 1. The Morgan fingerprint density at radius 3 is 2.94 bits per heavy atom. The fraction of sp³-hybridized carbons (Fsp3) is 0.308. The number of hydrogen-bond acceptors (Lipinski definition) is 2. The van der Waals surface area contributed by atoms with Gasteiger partial charge in [0.2, 0.25) is 5.91 Å². The van der Waals surface area contributed by atoms with Crippen molar-refractivity contribution >= 4 is 28.4 Å². The minimum atomic E-state index is -0.359. The number of fused-ring (bicyclic) bond motifs is 1. The van der Waals surface area contributed by atoms with Crippen molar-refractivity contribution in [3.63, 3.8) is 0 Å². The van der Waals surface area contributed by atoms with Crippen LogP contribution in [-0.2, 0) is 17.9 Å². The van der Waals surface area contributed by atoms with Gasteiger partial charge < -0.3 is 15.6 Å². The quantitative estimate of drug-likeness (QED) is 0.867. The fourth-order valence-corrected chi connectivity index (χ4v) is 2.21. The highest BCUT2D eigenvalue weighted by atomic mass is 35.5. The summed E-state index contributed by atoms with van der Waals surface area (Å²) in [5.74, 6) is -0.359. The molecule has 2 rings (SSSR count). The number of halogens is 1. The Hall–Kier alpha value is -1.52. The highest BCUT2D eigenvalue weighted by molar-refractivity contribution is 6.31. The minimum absolute atomic E-state index is 0.170. The lowest BCUT2D eigenvalue weighted by atomic mass is 10.2. The molecule has 0 saturated carbocycles. The molecule has 0 radical (unpaired) electrons. The average molecular weight is 266 g/mol. The molecule has 0 aliphatic rings. The topological polar surface area (TPSA) is 60.1 Å². The summed E-state index contributed by atoms with van der Waals surface area (Å²) in [6, 6.07) is 5.69. The number of carbonyl (C=O) groups is 1. The van der Waals surface area contributed by atoms with Crippen LogP contribution in [0.1, 0.15) is 12.5 Å². The van der Waals surface area contributed by atoms with Crippen LogP contribution in [0.5, 0.6) is 0 Å². The molecule has 1 amide bonds. The van der Waals surface area contributed by atoms with E-state index in [9.17, 15) is 4.79 Å². The Balaban J connectivity index is 2.48. The number of nitrogens with one attached hydrogen (secondary N) is 1. The summed E-state index contributed by atoms with van der Waals surface area (Å²) >= 11 is 6.00. The number of nitrogens with zero attached hydrogens (tertiary/aromatic N) is 1. The average Bonchev–Trinajstić information content (AvgIpc) is 2.64. The molecule has 1 aromatic heterocycles. The zero-order valence-electron chi connectivity index (χ0n) is 10.2. The number of hydrogen-bond donors (Lipinski definition) is 2. The number of carbonyl (C=O) groups excluding carboxylic acids is 1. The van der Waals surface area contributed by atoms with Crippen molar-refractivity contribution in [3.8, 4) is 0 Å². The minimum Gasteiger partial charge on any atom is -0.368 e. The molecule has 0 saturated heterocycles. The maximum absolute atomic E-state index is 11.1. The molecular formula is C13H16ClN3O. The van der Waals surface area contributed by atoms with E-state index in [-0.39, 0.29) is 12.5 Å². The lowest BCUT2D eigenvalue weighted by Crippen LogP contribution is -2.18. The standard InChI is InChI=1S/C13H16ClN3O/c1-2-16-6-9-7-17(8-13(15)18)12-5-10(14)3-4-11(9)12/h3-5,7,16H,2,6,8H2,1H3,(H2,15,18). The molecule has 18 heavy (non-hydrogen) atoms. The second kappa shape index (κ2) is 5.42. The SMILES string of the molecule is CCNCc1cn(CC(N)=O)c2cc(Cl)ccc12. The number of aromatic nitrogens is 1. The highest BCUT2D eigenvalue weighted by Crippen LogP contribution is 2.24. The van der Waals surface area contributed by atoms with Gasteiger partial charge in [-0.15, -0.1) is 0 Å². The van der Waals surface area contributed by atoms with E-state index in [0.717, 1.165) is 29.6 Å². The third-order valence-corrected chi connectivity index (χ3v) is 3.05. The van der Waals surface area contributed by atoms with Gasteiger partial charge in [0, 0.05) is 23.2 Å². The van der Waals surface area contributed by atoms with Crippen molar-refractivity contribution < 1.29 is 4.79 Å². The first-order valence-electron chi connectivity index (χ1n) is 5.88. The van der Waals surface area contributed by atoms with E-state index in [0.29, 0.717) is 5.02 Å². The van der Waals surface area contributed by atoms with Crippen LogP contribution in [0.4, 0.5) is 0 Å². The van der Waals surface area contributed by atoms with Crippen molar-refractivity contribution in [1.82, 2.24) is 9.88 Å². The van der Waals surface area contributed by atoms with Crippen molar-refractivity contribution in [1.29, 1.82) is 0 Å². The molecule has 96 valence electrons. The van der Waals surface area contributed by atoms with Gasteiger partial charge >= 0.3 is 0 Å². The second-order valence-electron chi connectivity index (χ2n) is 4.19. The lowest BCUT2D eigenvalue weighted by Gasteiger charge is -2.01. The molecule has 4 nitrogen and oxygen atoms in total. The Morgan fingerprint density at radius 1 is 1.50 bits per heavy atom. The van der Waals surface area contributed by atoms with Crippen LogP contribution in [0.25, 0.3) is 10.9 Å². The van der Waals surface area contributed by atoms with Crippen LogP contribution in [0.2, 0.25) is 5.02 Å². The van der Waals surface area contributed by atoms with E-state index < -0.39 is 0 Å². The molecule has 1 heterocycles. The molecule has 0 aliphatic heterocycles. The fourth-order valence-electron chi connectivity index (χ4n) is 2.04. The van der Waals surface area contributed by atoms with E-state index in [2.05, 4.69) is 12.2 Å². The van der Waals surface area contributed by atoms with Crippen molar-refractivity contribution in [2.45, 2.75) is 20.0 Å². The summed E-state index contributed by atoms with van der Waals surface area (Å²) < 4.78 is 1.84. The van der Waals surface area contributed by atoms with Gasteiger partial charge in [-0.2, -0.15) is 0 Å². The third kappa shape index (κ3) is 2.66. The van der Waals surface area contributed by atoms with Gasteiger partial charge in [0.25, 0.3) is 0 Å². The smallest absolute Gasteiger partial charge is 0.237 e. The predicted molar refractivity (Wildman–Crippen MR) is 73.5 cm³/mol. The molecular weight excluding hydrogens is 250 g/mol. The van der Waals surface area contributed by atoms with Crippen molar-refractivity contribution in [2.24, 2.45) is 5.73 Å². The Labute approximate surface area is 111 Å². The van der Waals surface area contributed by atoms with Gasteiger partial charge in [-0.1, -0.05) is 24.6 Å². The maximum Gasteiger partial charge on any atom is 0.237 e. The summed E-state index contributed by atoms with van der Waals surface area (Å²) in [6.45, 7) is 3.89. The summed E-state index contributed by atoms with van der Waals surface area (Å²) in [4.78, 5) is 11.1. The summed E-state index contributed by atoms with van der Waals surface area (Å²) in [5, 5.41) is 5.03. The Bertz CT molecular complexity index is 577. The van der Waals surface area contributed by atoms with E-state index in [1.807, 2.05) is 29.0 Å². The molecule has 0 atom stereocenters. The largest absolute Gasteiger partial charge is 0.368 e. The zero-order valence-corrected chi connectivity index (χ0v) is 11.0. The van der Waals surface area contributed by atoms with E-state index >= 15 is 0 Å². The van der Waals surface area contributed by atoms with Crippen molar-refractivity contribution in [2.75, 3.05) is 6.54 Å². The number of amides is 1. The first-order valence-corrected chi connectivity index (χ1v) is 6.26. The molecule has 0 spiro atoms. The monoisotopic (exact) mass is 265 g/mol. The third-order valence-electron chi connectivity index (χ3n) is 2.82. The Morgan fingerprint density at radius 2 is 2.28 bits per heavy atom. The van der Waals surface area contributed by atoms with Gasteiger partial charge in [-0.05, 0) is 24.2 Å². The molecule has 3 N–H and O–H groups in total. The molecule has 0 fully saturated rings. The van der Waals surface area contributed by atoms with Crippen LogP contribution in [0, 0.1) is 0 Å². The zero-order chi connectivity index (χ0) is 13.1. The molecule has 5 heteroatoms. The van der Waals surface area contributed by atoms with E-state index in [1.54, 1.807) is 0 Å². The van der Waals surface area contributed by atoms with Gasteiger partial charge in [-0.25, -0.2) is 0 Å².